The number of likely N-dealkylation sites (tertiary alicyclic amines) is 1. The molecular formula is C17H25N3O2. The summed E-state index contributed by atoms with van der Waals surface area (Å²) in [7, 11) is 4.00. The molecule has 5 heteroatoms. The van der Waals surface area contributed by atoms with Crippen LogP contribution in [0, 0.1) is 11.8 Å². The highest BCUT2D eigenvalue weighted by molar-refractivity contribution is 5.78. The van der Waals surface area contributed by atoms with Gasteiger partial charge in [0, 0.05) is 26.3 Å². The predicted octanol–water partition coefficient (Wildman–Crippen LogP) is 1.40. The van der Waals surface area contributed by atoms with Crippen LogP contribution in [0.25, 0.3) is 0 Å². The average molecular weight is 303 g/mol. The van der Waals surface area contributed by atoms with Crippen LogP contribution in [0.2, 0.25) is 0 Å². The highest BCUT2D eigenvalue weighted by Gasteiger charge is 2.38. The minimum atomic E-state index is -0.0125. The standard InChI is InChI=1S/C17H25N3O2/c1-19-8-6-16-13(10-19)9-14(12-22-16)17(21)20(2)11-15-5-3-4-7-18-15/h3-5,7,13-14,16H,6,8-12H2,1-2H3/t13-,14-,16+/m1/s1. The summed E-state index contributed by atoms with van der Waals surface area (Å²) < 4.78 is 5.97. The maximum Gasteiger partial charge on any atom is 0.228 e. The maximum absolute atomic E-state index is 12.7. The minimum absolute atomic E-state index is 0.0125. The van der Waals surface area contributed by atoms with Crippen LogP contribution in [0.3, 0.4) is 0 Å². The van der Waals surface area contributed by atoms with E-state index in [0.717, 1.165) is 31.6 Å². The van der Waals surface area contributed by atoms with Crippen LogP contribution < -0.4 is 0 Å². The Labute approximate surface area is 132 Å². The predicted molar refractivity (Wildman–Crippen MR) is 84.2 cm³/mol. The fraction of sp³-hybridized carbons (Fsp3) is 0.647. The molecule has 3 heterocycles. The highest BCUT2D eigenvalue weighted by atomic mass is 16.5. The summed E-state index contributed by atoms with van der Waals surface area (Å²) in [5.74, 6) is 0.656. The summed E-state index contributed by atoms with van der Waals surface area (Å²) in [6, 6.07) is 5.79. The van der Waals surface area contributed by atoms with E-state index in [4.69, 9.17) is 4.74 Å². The molecule has 0 saturated carbocycles. The zero-order valence-electron chi connectivity index (χ0n) is 13.4. The molecule has 3 rings (SSSR count). The molecular weight excluding hydrogens is 278 g/mol. The lowest BCUT2D eigenvalue weighted by molar-refractivity contribution is -0.147. The van der Waals surface area contributed by atoms with E-state index in [2.05, 4.69) is 16.9 Å². The van der Waals surface area contributed by atoms with E-state index < -0.39 is 0 Å². The number of hydrogen-bond acceptors (Lipinski definition) is 4. The first-order chi connectivity index (χ1) is 10.6. The third-order valence-corrected chi connectivity index (χ3v) is 4.82. The second-order valence-electron chi connectivity index (χ2n) is 6.63. The van der Waals surface area contributed by atoms with Crippen LogP contribution in [0.5, 0.6) is 0 Å². The van der Waals surface area contributed by atoms with Gasteiger partial charge < -0.3 is 14.5 Å². The van der Waals surface area contributed by atoms with Crippen LogP contribution in [0.1, 0.15) is 18.5 Å². The van der Waals surface area contributed by atoms with E-state index >= 15 is 0 Å². The molecule has 1 amide bonds. The summed E-state index contributed by atoms with van der Waals surface area (Å²) in [5.41, 5.74) is 0.922. The van der Waals surface area contributed by atoms with Crippen LogP contribution >= 0.6 is 0 Å². The van der Waals surface area contributed by atoms with Crippen molar-refractivity contribution in [3.63, 3.8) is 0 Å². The van der Waals surface area contributed by atoms with E-state index in [1.165, 1.54) is 0 Å². The molecule has 22 heavy (non-hydrogen) atoms. The average Bonchev–Trinajstić information content (AvgIpc) is 2.54. The lowest BCUT2D eigenvalue weighted by Crippen LogP contribution is -2.49. The van der Waals surface area contributed by atoms with Crippen LogP contribution in [-0.4, -0.2) is 60.6 Å². The van der Waals surface area contributed by atoms with Crippen LogP contribution in [0.15, 0.2) is 24.4 Å². The fourth-order valence-electron chi connectivity index (χ4n) is 3.61. The molecule has 3 atom stereocenters. The van der Waals surface area contributed by atoms with Crippen molar-refractivity contribution in [3.05, 3.63) is 30.1 Å². The second-order valence-corrected chi connectivity index (χ2v) is 6.63. The Kier molecular flexibility index (Phi) is 4.74. The molecule has 120 valence electrons. The van der Waals surface area contributed by atoms with Gasteiger partial charge in [-0.25, -0.2) is 0 Å². The fourth-order valence-corrected chi connectivity index (χ4v) is 3.61. The first kappa shape index (κ1) is 15.4. The Morgan fingerprint density at radius 3 is 3.14 bits per heavy atom. The molecule has 0 aromatic carbocycles. The Bertz CT molecular complexity index is 508. The Morgan fingerprint density at radius 2 is 2.36 bits per heavy atom. The third-order valence-electron chi connectivity index (χ3n) is 4.82. The van der Waals surface area contributed by atoms with Crippen molar-refractivity contribution in [1.82, 2.24) is 14.8 Å². The van der Waals surface area contributed by atoms with Crippen molar-refractivity contribution in [2.75, 3.05) is 33.8 Å². The summed E-state index contributed by atoms with van der Waals surface area (Å²) >= 11 is 0. The van der Waals surface area contributed by atoms with Gasteiger partial charge in [-0.05, 0) is 37.9 Å². The molecule has 0 N–H and O–H groups in total. The molecule has 0 unspecified atom stereocenters. The number of nitrogens with zero attached hydrogens (tertiary/aromatic N) is 3. The summed E-state index contributed by atoms with van der Waals surface area (Å²) in [6.07, 6.45) is 4.15. The van der Waals surface area contributed by atoms with E-state index in [-0.39, 0.29) is 11.8 Å². The summed E-state index contributed by atoms with van der Waals surface area (Å²) in [5, 5.41) is 0. The first-order valence-corrected chi connectivity index (χ1v) is 8.08. The molecule has 1 aromatic rings. The number of amides is 1. The van der Waals surface area contributed by atoms with Crippen molar-refractivity contribution in [1.29, 1.82) is 0 Å². The number of carbonyl (C=O) groups excluding carboxylic acids is 1. The maximum atomic E-state index is 12.7. The molecule has 5 nitrogen and oxygen atoms in total. The van der Waals surface area contributed by atoms with Gasteiger partial charge in [0.1, 0.15) is 0 Å². The van der Waals surface area contributed by atoms with Gasteiger partial charge in [0.2, 0.25) is 5.91 Å². The first-order valence-electron chi connectivity index (χ1n) is 8.08. The van der Waals surface area contributed by atoms with Crippen LogP contribution in [-0.2, 0) is 16.1 Å². The van der Waals surface area contributed by atoms with E-state index in [0.29, 0.717) is 25.2 Å². The van der Waals surface area contributed by atoms with Crippen molar-refractivity contribution >= 4 is 5.91 Å². The number of fused-ring (bicyclic) bond motifs is 1. The molecule has 0 spiro atoms. The van der Waals surface area contributed by atoms with Crippen molar-refractivity contribution in [2.45, 2.75) is 25.5 Å². The largest absolute Gasteiger partial charge is 0.377 e. The number of pyridine rings is 1. The minimum Gasteiger partial charge on any atom is -0.377 e. The van der Waals surface area contributed by atoms with E-state index in [1.807, 2.05) is 25.2 Å². The normalized spacial score (nSPS) is 28.9. The Hall–Kier alpha value is -1.46. The third kappa shape index (κ3) is 3.47. The highest BCUT2D eigenvalue weighted by Crippen LogP contribution is 2.31. The number of carbonyl (C=O) groups is 1. The lowest BCUT2D eigenvalue weighted by Gasteiger charge is -2.42. The number of aromatic nitrogens is 1. The van der Waals surface area contributed by atoms with Crippen LogP contribution in [0.4, 0.5) is 0 Å². The topological polar surface area (TPSA) is 45.7 Å². The number of piperidine rings is 1. The van der Waals surface area contributed by atoms with Gasteiger partial charge in [-0.1, -0.05) is 6.07 Å². The summed E-state index contributed by atoms with van der Waals surface area (Å²) in [4.78, 5) is 21.1. The smallest absolute Gasteiger partial charge is 0.228 e. The van der Waals surface area contributed by atoms with Gasteiger partial charge in [0.15, 0.2) is 0 Å². The molecule has 2 fully saturated rings. The van der Waals surface area contributed by atoms with Gasteiger partial charge in [0.25, 0.3) is 0 Å². The van der Waals surface area contributed by atoms with Crippen molar-refractivity contribution in [2.24, 2.45) is 11.8 Å². The number of rotatable bonds is 3. The quantitative estimate of drug-likeness (QED) is 0.847. The summed E-state index contributed by atoms with van der Waals surface area (Å²) in [6.45, 7) is 3.26. The SMILES string of the molecule is CN1CC[C@@H]2OC[C@H](C(=O)N(C)Cc3ccccn3)C[C@@H]2C1. The number of ether oxygens (including phenoxy) is 1. The zero-order chi connectivity index (χ0) is 15.5. The Balaban J connectivity index is 1.58. The monoisotopic (exact) mass is 303 g/mol. The molecule has 2 saturated heterocycles. The van der Waals surface area contributed by atoms with Gasteiger partial charge in [0.05, 0.1) is 30.9 Å². The van der Waals surface area contributed by atoms with Gasteiger partial charge >= 0.3 is 0 Å². The van der Waals surface area contributed by atoms with E-state index in [1.54, 1.807) is 11.1 Å². The molecule has 1 aromatic heterocycles. The number of hydrogen-bond donors (Lipinski definition) is 0. The van der Waals surface area contributed by atoms with Gasteiger partial charge in [-0.15, -0.1) is 0 Å². The van der Waals surface area contributed by atoms with Gasteiger partial charge in [-0.2, -0.15) is 0 Å². The second kappa shape index (κ2) is 6.75. The van der Waals surface area contributed by atoms with Crippen molar-refractivity contribution in [3.8, 4) is 0 Å². The van der Waals surface area contributed by atoms with E-state index in [9.17, 15) is 4.79 Å². The molecule has 2 aliphatic rings. The zero-order valence-corrected chi connectivity index (χ0v) is 13.4. The molecule has 0 aliphatic carbocycles. The lowest BCUT2D eigenvalue weighted by atomic mass is 9.83. The Morgan fingerprint density at radius 1 is 1.50 bits per heavy atom. The molecule has 0 radical (unpaired) electrons. The molecule has 2 aliphatic heterocycles. The van der Waals surface area contributed by atoms with Gasteiger partial charge in [-0.3, -0.25) is 9.78 Å². The molecule has 0 bridgehead atoms. The van der Waals surface area contributed by atoms with Crippen molar-refractivity contribution < 1.29 is 9.53 Å².